The van der Waals surface area contributed by atoms with E-state index in [2.05, 4.69) is 17.1 Å². The van der Waals surface area contributed by atoms with Crippen molar-refractivity contribution in [2.75, 3.05) is 0 Å². The number of aromatic nitrogens is 2. The maximum atomic E-state index is 9.64. The predicted octanol–water partition coefficient (Wildman–Crippen LogP) is 3.80. The molecule has 0 bridgehead atoms. The highest BCUT2D eigenvalue weighted by Gasteiger charge is 2.25. The first-order chi connectivity index (χ1) is 8.74. The molecule has 1 fully saturated rings. The van der Waals surface area contributed by atoms with Gasteiger partial charge in [-0.1, -0.05) is 24.9 Å². The van der Waals surface area contributed by atoms with E-state index in [1.807, 2.05) is 5.38 Å². The second kappa shape index (κ2) is 4.72. The van der Waals surface area contributed by atoms with Gasteiger partial charge in [0.2, 0.25) is 0 Å². The molecule has 0 saturated heterocycles. The molecular formula is C13H16N2O2S. The van der Waals surface area contributed by atoms with Crippen LogP contribution in [-0.4, -0.2) is 15.2 Å². The molecule has 1 aliphatic carbocycles. The van der Waals surface area contributed by atoms with Crippen LogP contribution in [0.4, 0.5) is 0 Å². The van der Waals surface area contributed by atoms with Crippen LogP contribution in [0.5, 0.6) is 5.75 Å². The summed E-state index contributed by atoms with van der Waals surface area (Å²) in [5.74, 6) is 2.68. The maximum Gasteiger partial charge on any atom is 0.271 e. The lowest BCUT2D eigenvalue weighted by Crippen LogP contribution is -2.11. The molecule has 18 heavy (non-hydrogen) atoms. The van der Waals surface area contributed by atoms with Gasteiger partial charge < -0.3 is 9.63 Å². The molecule has 0 aliphatic heterocycles. The average molecular weight is 264 g/mol. The fourth-order valence-electron chi connectivity index (χ4n) is 2.47. The van der Waals surface area contributed by atoms with Gasteiger partial charge in [0.05, 0.1) is 0 Å². The van der Waals surface area contributed by atoms with Crippen LogP contribution in [0.1, 0.15) is 44.3 Å². The summed E-state index contributed by atoms with van der Waals surface area (Å²) in [6.45, 7) is 2.29. The van der Waals surface area contributed by atoms with E-state index in [0.29, 0.717) is 16.7 Å². The normalized spacial score (nSPS) is 24.3. The van der Waals surface area contributed by atoms with Crippen LogP contribution in [0.3, 0.4) is 0 Å². The third-order valence-corrected chi connectivity index (χ3v) is 4.55. The summed E-state index contributed by atoms with van der Waals surface area (Å²) in [4.78, 5) is 5.10. The zero-order valence-electron chi connectivity index (χ0n) is 10.3. The van der Waals surface area contributed by atoms with Crippen molar-refractivity contribution in [3.63, 3.8) is 0 Å². The summed E-state index contributed by atoms with van der Waals surface area (Å²) in [7, 11) is 0. The molecule has 0 amide bonds. The Morgan fingerprint density at radius 1 is 1.33 bits per heavy atom. The zero-order valence-corrected chi connectivity index (χ0v) is 11.1. The van der Waals surface area contributed by atoms with Gasteiger partial charge in [-0.2, -0.15) is 4.98 Å². The van der Waals surface area contributed by atoms with E-state index in [1.54, 1.807) is 6.07 Å². The summed E-state index contributed by atoms with van der Waals surface area (Å²) in [5.41, 5.74) is 0. The topological polar surface area (TPSA) is 59.2 Å². The molecule has 1 saturated carbocycles. The van der Waals surface area contributed by atoms with Crippen molar-refractivity contribution in [2.45, 2.75) is 38.5 Å². The molecule has 0 radical (unpaired) electrons. The fraction of sp³-hybridized carbons (Fsp3) is 0.538. The van der Waals surface area contributed by atoms with Gasteiger partial charge in [-0.3, -0.25) is 0 Å². The Labute approximate surface area is 110 Å². The van der Waals surface area contributed by atoms with Crippen molar-refractivity contribution in [3.8, 4) is 16.5 Å². The van der Waals surface area contributed by atoms with Crippen LogP contribution >= 0.6 is 11.3 Å². The Morgan fingerprint density at radius 3 is 2.78 bits per heavy atom. The Kier molecular flexibility index (Phi) is 3.07. The lowest BCUT2D eigenvalue weighted by atomic mass is 9.83. The Bertz CT molecular complexity index is 527. The Balaban J connectivity index is 1.80. The van der Waals surface area contributed by atoms with Crippen molar-refractivity contribution in [2.24, 2.45) is 5.92 Å². The Hall–Kier alpha value is -1.36. The third kappa shape index (κ3) is 2.14. The summed E-state index contributed by atoms with van der Waals surface area (Å²) < 4.78 is 5.26. The van der Waals surface area contributed by atoms with Crippen LogP contribution in [0, 0.1) is 5.92 Å². The largest absolute Gasteiger partial charge is 0.506 e. The molecule has 2 heterocycles. The molecule has 5 heteroatoms. The number of aromatic hydroxyl groups is 1. The second-order valence-electron chi connectivity index (χ2n) is 5.05. The summed E-state index contributed by atoms with van der Waals surface area (Å²) in [6.07, 6.45) is 4.74. The smallest absolute Gasteiger partial charge is 0.271 e. The lowest BCUT2D eigenvalue weighted by Gasteiger charge is -2.23. The van der Waals surface area contributed by atoms with Crippen LogP contribution in [0.2, 0.25) is 0 Å². The second-order valence-corrected chi connectivity index (χ2v) is 5.97. The summed E-state index contributed by atoms with van der Waals surface area (Å²) >= 11 is 1.42. The first kappa shape index (κ1) is 11.7. The van der Waals surface area contributed by atoms with E-state index in [4.69, 9.17) is 4.52 Å². The van der Waals surface area contributed by atoms with Gasteiger partial charge in [-0.15, -0.1) is 11.3 Å². The van der Waals surface area contributed by atoms with Crippen LogP contribution in [0.15, 0.2) is 16.0 Å². The van der Waals surface area contributed by atoms with E-state index >= 15 is 0 Å². The lowest BCUT2D eigenvalue weighted by molar-refractivity contribution is 0.329. The molecular weight excluding hydrogens is 248 g/mol. The highest BCUT2D eigenvalue weighted by Crippen LogP contribution is 2.37. The highest BCUT2D eigenvalue weighted by molar-refractivity contribution is 7.13. The van der Waals surface area contributed by atoms with Crippen molar-refractivity contribution >= 4 is 11.3 Å². The minimum atomic E-state index is 0.215. The van der Waals surface area contributed by atoms with Gasteiger partial charge in [-0.05, 0) is 30.2 Å². The van der Waals surface area contributed by atoms with Crippen molar-refractivity contribution in [3.05, 3.63) is 17.3 Å². The van der Waals surface area contributed by atoms with Gasteiger partial charge in [0.25, 0.3) is 5.89 Å². The molecule has 1 aliphatic rings. The molecule has 0 aromatic carbocycles. The molecule has 3 rings (SSSR count). The van der Waals surface area contributed by atoms with Gasteiger partial charge in [0, 0.05) is 5.92 Å². The van der Waals surface area contributed by atoms with Crippen LogP contribution in [0.25, 0.3) is 10.8 Å². The number of thiophene rings is 1. The van der Waals surface area contributed by atoms with Crippen LogP contribution in [-0.2, 0) is 0 Å². The van der Waals surface area contributed by atoms with E-state index in [1.165, 1.54) is 24.2 Å². The van der Waals surface area contributed by atoms with Gasteiger partial charge in [-0.25, -0.2) is 0 Å². The maximum absolute atomic E-state index is 9.64. The fourth-order valence-corrected chi connectivity index (χ4v) is 3.18. The number of nitrogens with zero attached hydrogens (tertiary/aromatic N) is 2. The van der Waals surface area contributed by atoms with Gasteiger partial charge in [0.15, 0.2) is 5.82 Å². The number of hydrogen-bond acceptors (Lipinski definition) is 5. The summed E-state index contributed by atoms with van der Waals surface area (Å²) in [6, 6.07) is 1.65. The van der Waals surface area contributed by atoms with Crippen molar-refractivity contribution in [1.29, 1.82) is 0 Å². The summed E-state index contributed by atoms with van der Waals surface area (Å²) in [5, 5.41) is 15.5. The minimum absolute atomic E-state index is 0.215. The molecule has 0 spiro atoms. The van der Waals surface area contributed by atoms with E-state index in [0.717, 1.165) is 24.6 Å². The molecule has 4 nitrogen and oxygen atoms in total. The predicted molar refractivity (Wildman–Crippen MR) is 69.6 cm³/mol. The molecule has 2 aromatic rings. The molecule has 0 unspecified atom stereocenters. The zero-order chi connectivity index (χ0) is 12.5. The molecule has 0 atom stereocenters. The number of rotatable bonds is 2. The van der Waals surface area contributed by atoms with E-state index < -0.39 is 0 Å². The molecule has 96 valence electrons. The third-order valence-electron chi connectivity index (χ3n) is 3.66. The standard InChI is InChI=1S/C13H16N2O2S/c1-8-2-4-9(5-3-8)12-14-13(17-15-12)11-10(16)6-7-18-11/h6-9,16H,2-5H2,1H3. The average Bonchev–Trinajstić information content (AvgIpc) is 2.98. The van der Waals surface area contributed by atoms with Gasteiger partial charge >= 0.3 is 0 Å². The van der Waals surface area contributed by atoms with Crippen molar-refractivity contribution in [1.82, 2.24) is 10.1 Å². The SMILES string of the molecule is CC1CCC(c2noc(-c3sccc3O)n2)CC1. The van der Waals surface area contributed by atoms with Crippen LogP contribution < -0.4 is 0 Å². The molecule has 2 aromatic heterocycles. The highest BCUT2D eigenvalue weighted by atomic mass is 32.1. The monoisotopic (exact) mass is 264 g/mol. The first-order valence-corrected chi connectivity index (χ1v) is 7.22. The quantitative estimate of drug-likeness (QED) is 0.896. The number of hydrogen-bond donors (Lipinski definition) is 1. The van der Waals surface area contributed by atoms with Gasteiger partial charge in [0.1, 0.15) is 10.6 Å². The Morgan fingerprint density at radius 2 is 2.11 bits per heavy atom. The molecule has 1 N–H and O–H groups in total. The van der Waals surface area contributed by atoms with E-state index in [-0.39, 0.29) is 5.75 Å². The van der Waals surface area contributed by atoms with E-state index in [9.17, 15) is 5.11 Å². The first-order valence-electron chi connectivity index (χ1n) is 6.34. The van der Waals surface area contributed by atoms with Crippen molar-refractivity contribution < 1.29 is 9.63 Å². The minimum Gasteiger partial charge on any atom is -0.506 e.